The van der Waals surface area contributed by atoms with E-state index in [2.05, 4.69) is 5.32 Å². The largest absolute Gasteiger partial charge is 0.390 e. The Morgan fingerprint density at radius 3 is 2.20 bits per heavy atom. The molecule has 3 atom stereocenters. The van der Waals surface area contributed by atoms with Gasteiger partial charge in [0.05, 0.1) is 12.2 Å². The first kappa shape index (κ1) is 9.88. The molecule has 10 heavy (non-hydrogen) atoms. The third-order valence-corrected chi connectivity index (χ3v) is 1.78. The predicted octanol–water partition coefficient (Wildman–Crippen LogP) is -0.274. The average Bonchev–Trinajstić information content (AvgIpc) is 2.00. The van der Waals surface area contributed by atoms with Crippen LogP contribution in [0.15, 0.2) is 0 Å². The number of aliphatic hydroxyl groups is 2. The first-order valence-corrected chi connectivity index (χ1v) is 3.66. The van der Waals surface area contributed by atoms with E-state index in [0.29, 0.717) is 6.42 Å². The summed E-state index contributed by atoms with van der Waals surface area (Å²) in [7, 11) is 1.76. The van der Waals surface area contributed by atoms with Crippen molar-refractivity contribution in [2.45, 2.75) is 38.5 Å². The van der Waals surface area contributed by atoms with E-state index in [1.54, 1.807) is 7.05 Å². The van der Waals surface area contributed by atoms with Gasteiger partial charge in [-0.15, -0.1) is 0 Å². The number of aliphatic hydroxyl groups excluding tert-OH is 2. The Bertz CT molecular complexity index is 77.7. The van der Waals surface area contributed by atoms with Crippen LogP contribution in [-0.2, 0) is 0 Å². The summed E-state index contributed by atoms with van der Waals surface area (Å²) in [5.74, 6) is 0. The van der Waals surface area contributed by atoms with E-state index in [1.165, 1.54) is 0 Å². The van der Waals surface area contributed by atoms with Gasteiger partial charge in [-0.2, -0.15) is 0 Å². The quantitative estimate of drug-likeness (QED) is 0.513. The molecule has 62 valence electrons. The number of likely N-dealkylation sites (N-methyl/N-ethyl adjacent to an activating group) is 1. The number of nitrogens with one attached hydrogen (secondary N) is 1. The van der Waals surface area contributed by atoms with Crippen LogP contribution in [-0.4, -0.2) is 35.5 Å². The minimum absolute atomic E-state index is 0.0463. The molecule has 0 heterocycles. The summed E-state index contributed by atoms with van der Waals surface area (Å²) in [6.07, 6.45) is -0.676. The average molecular weight is 147 g/mol. The van der Waals surface area contributed by atoms with Gasteiger partial charge in [-0.05, 0) is 20.4 Å². The summed E-state index contributed by atoms with van der Waals surface area (Å²) < 4.78 is 0. The first-order valence-electron chi connectivity index (χ1n) is 3.66. The van der Waals surface area contributed by atoms with Gasteiger partial charge in [0.2, 0.25) is 0 Å². The SMILES string of the molecule is CCC(O)C(O)C(C)NC. The van der Waals surface area contributed by atoms with Gasteiger partial charge in [0, 0.05) is 6.04 Å². The zero-order chi connectivity index (χ0) is 8.15. The smallest absolute Gasteiger partial charge is 0.0948 e. The zero-order valence-corrected chi connectivity index (χ0v) is 6.83. The maximum atomic E-state index is 9.27. The molecule has 0 rings (SSSR count). The molecule has 0 aliphatic carbocycles. The highest BCUT2D eigenvalue weighted by molar-refractivity contribution is 4.75. The molecule has 0 aromatic rings. The van der Waals surface area contributed by atoms with Gasteiger partial charge >= 0.3 is 0 Å². The molecule has 0 spiro atoms. The lowest BCUT2D eigenvalue weighted by Gasteiger charge is -2.22. The lowest BCUT2D eigenvalue weighted by Crippen LogP contribution is -2.42. The fourth-order valence-corrected chi connectivity index (χ4v) is 0.745. The minimum atomic E-state index is -0.657. The van der Waals surface area contributed by atoms with Crippen molar-refractivity contribution in [3.8, 4) is 0 Å². The Hall–Kier alpha value is -0.120. The summed E-state index contributed by atoms with van der Waals surface area (Å²) in [5, 5.41) is 21.3. The molecule has 0 fully saturated rings. The number of hydrogen-bond donors (Lipinski definition) is 3. The highest BCUT2D eigenvalue weighted by atomic mass is 16.3. The van der Waals surface area contributed by atoms with Crippen LogP contribution in [0.1, 0.15) is 20.3 Å². The van der Waals surface area contributed by atoms with Crippen LogP contribution in [0.2, 0.25) is 0 Å². The molecular weight excluding hydrogens is 130 g/mol. The molecule has 0 aliphatic rings. The van der Waals surface area contributed by atoms with Crippen molar-refractivity contribution in [2.75, 3.05) is 7.05 Å². The predicted molar refractivity (Wildman–Crippen MR) is 40.8 cm³/mol. The molecule has 0 aliphatic heterocycles. The molecule has 0 bridgehead atoms. The highest BCUT2D eigenvalue weighted by Gasteiger charge is 2.19. The van der Waals surface area contributed by atoms with E-state index in [0.717, 1.165) is 0 Å². The molecule has 3 N–H and O–H groups in total. The van der Waals surface area contributed by atoms with E-state index in [4.69, 9.17) is 5.11 Å². The molecule has 3 heteroatoms. The Balaban J connectivity index is 3.69. The molecule has 0 saturated carbocycles. The van der Waals surface area contributed by atoms with E-state index >= 15 is 0 Å². The van der Waals surface area contributed by atoms with Crippen molar-refractivity contribution in [2.24, 2.45) is 0 Å². The van der Waals surface area contributed by atoms with Crippen molar-refractivity contribution in [3.63, 3.8) is 0 Å². The summed E-state index contributed by atoms with van der Waals surface area (Å²) in [5.41, 5.74) is 0. The van der Waals surface area contributed by atoms with Gasteiger partial charge in [-0.1, -0.05) is 6.92 Å². The Morgan fingerprint density at radius 2 is 1.90 bits per heavy atom. The summed E-state index contributed by atoms with van der Waals surface area (Å²) >= 11 is 0. The van der Waals surface area contributed by atoms with E-state index in [-0.39, 0.29) is 6.04 Å². The fourth-order valence-electron chi connectivity index (χ4n) is 0.745. The van der Waals surface area contributed by atoms with Gasteiger partial charge in [-0.3, -0.25) is 0 Å². The minimum Gasteiger partial charge on any atom is -0.390 e. The van der Waals surface area contributed by atoms with Crippen LogP contribution in [0.4, 0.5) is 0 Å². The zero-order valence-electron chi connectivity index (χ0n) is 6.83. The van der Waals surface area contributed by atoms with Crippen molar-refractivity contribution in [1.29, 1.82) is 0 Å². The lowest BCUT2D eigenvalue weighted by atomic mass is 10.1. The van der Waals surface area contributed by atoms with Gasteiger partial charge in [-0.25, -0.2) is 0 Å². The molecule has 0 saturated heterocycles. The molecular formula is C7H17NO2. The molecule has 3 nitrogen and oxygen atoms in total. The van der Waals surface area contributed by atoms with Crippen molar-refractivity contribution < 1.29 is 10.2 Å². The second-order valence-electron chi connectivity index (χ2n) is 2.54. The molecule has 0 aromatic carbocycles. The molecule has 0 radical (unpaired) electrons. The van der Waals surface area contributed by atoms with Crippen molar-refractivity contribution in [3.05, 3.63) is 0 Å². The summed E-state index contributed by atoms with van der Waals surface area (Å²) in [6, 6.07) is -0.0463. The summed E-state index contributed by atoms with van der Waals surface area (Å²) in [4.78, 5) is 0. The number of hydrogen-bond acceptors (Lipinski definition) is 3. The maximum absolute atomic E-state index is 9.27. The Labute approximate surface area is 62.1 Å². The molecule has 0 amide bonds. The monoisotopic (exact) mass is 147 g/mol. The highest BCUT2D eigenvalue weighted by Crippen LogP contribution is 2.01. The van der Waals surface area contributed by atoms with Gasteiger partial charge < -0.3 is 15.5 Å². The van der Waals surface area contributed by atoms with E-state index < -0.39 is 12.2 Å². The lowest BCUT2D eigenvalue weighted by molar-refractivity contribution is -0.000187. The topological polar surface area (TPSA) is 52.5 Å². The Morgan fingerprint density at radius 1 is 1.40 bits per heavy atom. The number of rotatable bonds is 4. The summed E-state index contributed by atoms with van der Waals surface area (Å²) in [6.45, 7) is 3.68. The Kier molecular flexibility index (Phi) is 4.60. The maximum Gasteiger partial charge on any atom is 0.0948 e. The van der Waals surface area contributed by atoms with Crippen molar-refractivity contribution >= 4 is 0 Å². The van der Waals surface area contributed by atoms with E-state index in [1.807, 2.05) is 13.8 Å². The third-order valence-electron chi connectivity index (χ3n) is 1.78. The normalized spacial score (nSPS) is 20.1. The molecule has 0 aromatic heterocycles. The van der Waals surface area contributed by atoms with Crippen LogP contribution < -0.4 is 5.32 Å². The van der Waals surface area contributed by atoms with Crippen LogP contribution in [0, 0.1) is 0 Å². The van der Waals surface area contributed by atoms with Crippen molar-refractivity contribution in [1.82, 2.24) is 5.32 Å². The van der Waals surface area contributed by atoms with Crippen LogP contribution in [0.5, 0.6) is 0 Å². The second kappa shape index (κ2) is 4.66. The first-order chi connectivity index (χ1) is 4.63. The van der Waals surface area contributed by atoms with Gasteiger partial charge in [0.15, 0.2) is 0 Å². The van der Waals surface area contributed by atoms with Crippen LogP contribution in [0.25, 0.3) is 0 Å². The van der Waals surface area contributed by atoms with Gasteiger partial charge in [0.1, 0.15) is 0 Å². The van der Waals surface area contributed by atoms with Gasteiger partial charge in [0.25, 0.3) is 0 Å². The van der Waals surface area contributed by atoms with Crippen LogP contribution >= 0.6 is 0 Å². The fraction of sp³-hybridized carbons (Fsp3) is 1.00. The standard InChI is InChI=1S/C7H17NO2/c1-4-6(9)7(10)5(2)8-3/h5-10H,4H2,1-3H3. The van der Waals surface area contributed by atoms with E-state index in [9.17, 15) is 5.11 Å². The molecule has 3 unspecified atom stereocenters. The third kappa shape index (κ3) is 2.64. The van der Waals surface area contributed by atoms with Crippen LogP contribution in [0.3, 0.4) is 0 Å². The second-order valence-corrected chi connectivity index (χ2v) is 2.54.